The fourth-order valence-electron chi connectivity index (χ4n) is 3.27. The molecule has 0 spiro atoms. The Morgan fingerprint density at radius 2 is 2.05 bits per heavy atom. The minimum absolute atomic E-state index is 0.407. The Hall–Kier alpha value is -0.910. The predicted octanol–water partition coefficient (Wildman–Crippen LogP) is 2.22. The average Bonchev–Trinajstić information content (AvgIpc) is 2.31. The highest BCUT2D eigenvalue weighted by molar-refractivity contribution is 7.90. The van der Waals surface area contributed by atoms with Gasteiger partial charge in [-0.25, -0.2) is 8.42 Å². The second-order valence-corrected chi connectivity index (χ2v) is 8.92. The lowest BCUT2D eigenvalue weighted by Gasteiger charge is -2.37. The summed E-state index contributed by atoms with van der Waals surface area (Å²) in [7, 11) is -3.42. The molecule has 1 aliphatic carbocycles. The van der Waals surface area contributed by atoms with E-state index in [0.29, 0.717) is 26.1 Å². The number of hydrogen-bond acceptors (Lipinski definition) is 3. The Labute approximate surface area is 128 Å². The van der Waals surface area contributed by atoms with E-state index in [1.165, 1.54) is 0 Å². The first-order valence-electron chi connectivity index (χ1n) is 7.47. The van der Waals surface area contributed by atoms with E-state index in [2.05, 4.69) is 18.5 Å². The van der Waals surface area contributed by atoms with Gasteiger partial charge < -0.3 is 5.32 Å². The fourth-order valence-corrected chi connectivity index (χ4v) is 5.32. The first kappa shape index (κ1) is 16.5. The molecule has 0 aromatic carbocycles. The van der Waals surface area contributed by atoms with Gasteiger partial charge in [0.2, 0.25) is 10.0 Å². The molecule has 1 aliphatic heterocycles. The Morgan fingerprint density at radius 1 is 1.33 bits per heavy atom. The summed E-state index contributed by atoms with van der Waals surface area (Å²) in [6.07, 6.45) is 4.05. The molecule has 2 rings (SSSR count). The summed E-state index contributed by atoms with van der Waals surface area (Å²) in [6.45, 7) is 14.2. The van der Waals surface area contributed by atoms with E-state index < -0.39 is 14.8 Å². The molecule has 1 unspecified atom stereocenters. The number of nitrogens with one attached hydrogen (secondary N) is 1. The lowest BCUT2D eigenvalue weighted by atomic mass is 9.88. The smallest absolute Gasteiger partial charge is 0.223 e. The normalized spacial score (nSPS) is 29.7. The number of hydrogen-bond donors (Lipinski definition) is 1. The fraction of sp³-hybridized carbons (Fsp3) is 0.625. The minimum atomic E-state index is -3.42. The summed E-state index contributed by atoms with van der Waals surface area (Å²) in [5, 5.41) is 3.27. The first-order valence-corrected chi connectivity index (χ1v) is 8.91. The highest BCUT2D eigenvalue weighted by Gasteiger charge is 2.43. The van der Waals surface area contributed by atoms with Crippen LogP contribution in [0.2, 0.25) is 0 Å². The van der Waals surface area contributed by atoms with Gasteiger partial charge in [0.1, 0.15) is 4.75 Å². The maximum Gasteiger partial charge on any atom is 0.223 e. The predicted molar refractivity (Wildman–Crippen MR) is 87.7 cm³/mol. The first-order chi connectivity index (χ1) is 9.74. The zero-order valence-corrected chi connectivity index (χ0v) is 13.9. The van der Waals surface area contributed by atoms with Crippen LogP contribution in [-0.4, -0.2) is 43.6 Å². The van der Waals surface area contributed by atoms with Crippen LogP contribution in [0, 0.1) is 0 Å². The molecule has 0 aromatic rings. The molecule has 21 heavy (non-hydrogen) atoms. The maximum absolute atomic E-state index is 13.1. The summed E-state index contributed by atoms with van der Waals surface area (Å²) in [5.41, 5.74) is 3.00. The van der Waals surface area contributed by atoms with Gasteiger partial charge in [0.05, 0.1) is 0 Å². The lowest BCUT2D eigenvalue weighted by molar-refractivity contribution is 0.391. The van der Waals surface area contributed by atoms with Crippen molar-refractivity contribution in [1.82, 2.24) is 9.62 Å². The Bertz CT molecular complexity index is 577. The summed E-state index contributed by atoms with van der Waals surface area (Å²) >= 11 is 0. The molecule has 0 saturated carbocycles. The summed E-state index contributed by atoms with van der Waals surface area (Å²) < 4.78 is 27.0. The van der Waals surface area contributed by atoms with E-state index in [0.717, 1.165) is 36.1 Å². The van der Waals surface area contributed by atoms with E-state index in [1.807, 2.05) is 19.9 Å². The van der Waals surface area contributed by atoms with E-state index in [-0.39, 0.29) is 0 Å². The van der Waals surface area contributed by atoms with Crippen LogP contribution < -0.4 is 5.32 Å². The van der Waals surface area contributed by atoms with Gasteiger partial charge in [-0.05, 0) is 45.2 Å². The second-order valence-electron chi connectivity index (χ2n) is 6.53. The Balaban J connectivity index is 2.33. The molecule has 0 bridgehead atoms. The van der Waals surface area contributed by atoms with Crippen LogP contribution in [0.4, 0.5) is 0 Å². The summed E-state index contributed by atoms with van der Waals surface area (Å²) in [6, 6.07) is 0. The SMILES string of the molecule is C=C1CNCCCN(S(=O)(=O)C2(C)C=C(C)CC(=C)C2)C1. The highest BCUT2D eigenvalue weighted by atomic mass is 32.2. The van der Waals surface area contributed by atoms with Crippen LogP contribution in [0.5, 0.6) is 0 Å². The minimum Gasteiger partial charge on any atom is -0.313 e. The molecule has 1 fully saturated rings. The Morgan fingerprint density at radius 3 is 2.71 bits per heavy atom. The zero-order chi connectivity index (χ0) is 15.7. The number of nitrogens with zero attached hydrogens (tertiary/aromatic N) is 1. The van der Waals surface area contributed by atoms with Crippen molar-refractivity contribution in [2.24, 2.45) is 0 Å². The topological polar surface area (TPSA) is 49.4 Å². The van der Waals surface area contributed by atoms with Crippen molar-refractivity contribution in [3.05, 3.63) is 36.0 Å². The van der Waals surface area contributed by atoms with E-state index in [4.69, 9.17) is 0 Å². The summed E-state index contributed by atoms with van der Waals surface area (Å²) in [4.78, 5) is 0. The van der Waals surface area contributed by atoms with Crippen LogP contribution in [0.3, 0.4) is 0 Å². The van der Waals surface area contributed by atoms with Crippen molar-refractivity contribution in [3.63, 3.8) is 0 Å². The molecule has 1 saturated heterocycles. The van der Waals surface area contributed by atoms with Gasteiger partial charge in [0.15, 0.2) is 0 Å². The van der Waals surface area contributed by atoms with Crippen LogP contribution in [0.1, 0.15) is 33.1 Å². The number of allylic oxidation sites excluding steroid dienone is 2. The molecule has 0 amide bonds. The maximum atomic E-state index is 13.1. The molecule has 118 valence electrons. The quantitative estimate of drug-likeness (QED) is 0.796. The molecular weight excluding hydrogens is 284 g/mol. The molecule has 4 nitrogen and oxygen atoms in total. The van der Waals surface area contributed by atoms with Crippen molar-refractivity contribution < 1.29 is 8.42 Å². The van der Waals surface area contributed by atoms with Gasteiger partial charge >= 0.3 is 0 Å². The molecule has 1 N–H and O–H groups in total. The van der Waals surface area contributed by atoms with Crippen LogP contribution in [-0.2, 0) is 10.0 Å². The monoisotopic (exact) mass is 310 g/mol. The van der Waals surface area contributed by atoms with Crippen molar-refractivity contribution in [1.29, 1.82) is 0 Å². The van der Waals surface area contributed by atoms with Crippen molar-refractivity contribution in [2.75, 3.05) is 26.2 Å². The van der Waals surface area contributed by atoms with Crippen LogP contribution >= 0.6 is 0 Å². The highest BCUT2D eigenvalue weighted by Crippen LogP contribution is 2.37. The van der Waals surface area contributed by atoms with Crippen molar-refractivity contribution in [2.45, 2.75) is 37.9 Å². The Kier molecular flexibility index (Phi) is 4.76. The number of sulfonamides is 1. The molecule has 2 aliphatic rings. The third-order valence-electron chi connectivity index (χ3n) is 4.15. The van der Waals surface area contributed by atoms with Gasteiger partial charge in [-0.1, -0.05) is 30.4 Å². The van der Waals surface area contributed by atoms with Gasteiger partial charge in [-0.15, -0.1) is 0 Å². The molecule has 1 heterocycles. The average molecular weight is 310 g/mol. The zero-order valence-electron chi connectivity index (χ0n) is 13.1. The lowest BCUT2D eigenvalue weighted by Crippen LogP contribution is -2.49. The number of rotatable bonds is 2. The van der Waals surface area contributed by atoms with E-state index >= 15 is 0 Å². The van der Waals surface area contributed by atoms with Crippen LogP contribution in [0.15, 0.2) is 36.0 Å². The second kappa shape index (κ2) is 6.07. The molecule has 1 atom stereocenters. The van der Waals surface area contributed by atoms with Crippen molar-refractivity contribution >= 4 is 10.0 Å². The molecule has 5 heteroatoms. The van der Waals surface area contributed by atoms with Gasteiger partial charge in [0, 0.05) is 19.6 Å². The third-order valence-corrected chi connectivity index (χ3v) is 6.58. The van der Waals surface area contributed by atoms with E-state index in [1.54, 1.807) is 4.31 Å². The van der Waals surface area contributed by atoms with E-state index in [9.17, 15) is 8.42 Å². The molecule has 0 radical (unpaired) electrons. The van der Waals surface area contributed by atoms with Gasteiger partial charge in [0.25, 0.3) is 0 Å². The molecular formula is C16H26N2O2S. The molecule has 0 aromatic heterocycles. The summed E-state index contributed by atoms with van der Waals surface area (Å²) in [5.74, 6) is 0. The standard InChI is InChI=1S/C16H26N2O2S/c1-13-8-14(2)10-16(4,9-13)21(19,20)18-7-5-6-17-11-15(3)12-18/h10,17H,1,3,5-9,11-12H2,2,4H3. The van der Waals surface area contributed by atoms with Crippen LogP contribution in [0.25, 0.3) is 0 Å². The van der Waals surface area contributed by atoms with Crippen molar-refractivity contribution in [3.8, 4) is 0 Å². The largest absolute Gasteiger partial charge is 0.313 e. The van der Waals surface area contributed by atoms with Gasteiger partial charge in [-0.2, -0.15) is 4.31 Å². The van der Waals surface area contributed by atoms with Gasteiger partial charge in [-0.3, -0.25) is 0 Å². The third kappa shape index (κ3) is 3.47.